The van der Waals surface area contributed by atoms with Crippen LogP contribution in [-0.2, 0) is 12.0 Å². The van der Waals surface area contributed by atoms with Crippen LogP contribution in [-0.4, -0.2) is 0 Å². The van der Waals surface area contributed by atoms with Gasteiger partial charge in [-0.25, -0.2) is 0 Å². The summed E-state index contributed by atoms with van der Waals surface area (Å²) in [6, 6.07) is 13.8. The first-order valence-electron chi connectivity index (χ1n) is 7.24. The monoisotopic (exact) mass is 303 g/mol. The molecule has 2 rings (SSSR count). The van der Waals surface area contributed by atoms with Gasteiger partial charge in [-0.3, -0.25) is 0 Å². The molecule has 0 unspecified atom stereocenters. The van der Waals surface area contributed by atoms with E-state index in [1.807, 2.05) is 30.3 Å². The van der Waals surface area contributed by atoms with Crippen molar-refractivity contribution in [2.75, 3.05) is 0 Å². The first kappa shape index (κ1) is 15.9. The Morgan fingerprint density at radius 1 is 1.10 bits per heavy atom. The van der Waals surface area contributed by atoms with Crippen molar-refractivity contribution in [1.82, 2.24) is 0 Å². The van der Waals surface area contributed by atoms with Crippen LogP contribution in [0, 0.1) is 0 Å². The van der Waals surface area contributed by atoms with Crippen molar-refractivity contribution in [1.29, 1.82) is 0 Å². The highest BCUT2D eigenvalue weighted by Gasteiger charge is 2.17. The van der Waals surface area contributed by atoms with Crippen LogP contribution < -0.4 is 10.5 Å². The van der Waals surface area contributed by atoms with Crippen molar-refractivity contribution in [3.63, 3.8) is 0 Å². The van der Waals surface area contributed by atoms with Crippen LogP contribution in [0.25, 0.3) is 0 Å². The van der Waals surface area contributed by atoms with Crippen molar-refractivity contribution in [2.24, 2.45) is 5.73 Å². The molecule has 112 valence electrons. The Bertz CT molecular complexity index is 605. The summed E-state index contributed by atoms with van der Waals surface area (Å²) in [5.74, 6) is 1.51. The smallest absolute Gasteiger partial charge is 0.133 e. The SMILES string of the molecule is CCC(C)(C)c1ccc(Oc2cccc(Cl)c2CN)cc1. The lowest BCUT2D eigenvalue weighted by molar-refractivity contribution is 0.473. The Kier molecular flexibility index (Phi) is 4.92. The molecule has 2 aromatic carbocycles. The van der Waals surface area contributed by atoms with Crippen LogP contribution in [0.4, 0.5) is 0 Å². The van der Waals surface area contributed by atoms with Crippen molar-refractivity contribution >= 4 is 11.6 Å². The second-order valence-electron chi connectivity index (χ2n) is 5.78. The first-order chi connectivity index (χ1) is 9.97. The predicted molar refractivity (Wildman–Crippen MR) is 89.2 cm³/mol. The second-order valence-corrected chi connectivity index (χ2v) is 6.19. The minimum absolute atomic E-state index is 0.178. The van der Waals surface area contributed by atoms with Gasteiger partial charge in [0.05, 0.1) is 0 Å². The molecule has 0 aliphatic carbocycles. The topological polar surface area (TPSA) is 35.2 Å². The zero-order valence-corrected chi connectivity index (χ0v) is 13.6. The van der Waals surface area contributed by atoms with E-state index in [1.165, 1.54) is 5.56 Å². The lowest BCUT2D eigenvalue weighted by Crippen LogP contribution is -2.14. The summed E-state index contributed by atoms with van der Waals surface area (Å²) in [7, 11) is 0. The van der Waals surface area contributed by atoms with E-state index in [-0.39, 0.29) is 5.41 Å². The molecule has 3 heteroatoms. The third kappa shape index (κ3) is 3.58. The van der Waals surface area contributed by atoms with Crippen molar-refractivity contribution < 1.29 is 4.74 Å². The van der Waals surface area contributed by atoms with Gasteiger partial charge < -0.3 is 10.5 Å². The van der Waals surface area contributed by atoms with E-state index in [9.17, 15) is 0 Å². The molecular formula is C18H22ClNO. The van der Waals surface area contributed by atoms with Crippen LogP contribution in [0.2, 0.25) is 5.02 Å². The van der Waals surface area contributed by atoms with Crippen molar-refractivity contribution in [3.05, 3.63) is 58.6 Å². The van der Waals surface area contributed by atoms with E-state index in [0.29, 0.717) is 17.3 Å². The number of nitrogens with two attached hydrogens (primary N) is 1. The number of hydrogen-bond donors (Lipinski definition) is 1. The average Bonchev–Trinajstić information content (AvgIpc) is 2.48. The quantitative estimate of drug-likeness (QED) is 0.815. The van der Waals surface area contributed by atoms with Gasteiger partial charge in [-0.05, 0) is 41.7 Å². The van der Waals surface area contributed by atoms with Crippen LogP contribution >= 0.6 is 11.6 Å². The fraction of sp³-hybridized carbons (Fsp3) is 0.333. The second kappa shape index (κ2) is 6.50. The molecule has 2 nitrogen and oxygen atoms in total. The van der Waals surface area contributed by atoms with E-state index in [1.54, 1.807) is 0 Å². The zero-order chi connectivity index (χ0) is 15.5. The van der Waals surface area contributed by atoms with Crippen LogP contribution in [0.3, 0.4) is 0 Å². The largest absolute Gasteiger partial charge is 0.457 e. The minimum Gasteiger partial charge on any atom is -0.457 e. The maximum atomic E-state index is 6.14. The van der Waals surface area contributed by atoms with E-state index in [2.05, 4.69) is 32.9 Å². The minimum atomic E-state index is 0.178. The van der Waals surface area contributed by atoms with Gasteiger partial charge in [0.1, 0.15) is 11.5 Å². The Hall–Kier alpha value is -1.51. The highest BCUT2D eigenvalue weighted by atomic mass is 35.5. The molecule has 0 amide bonds. The summed E-state index contributed by atoms with van der Waals surface area (Å²) >= 11 is 6.14. The Labute approximate surface area is 131 Å². The van der Waals surface area contributed by atoms with Gasteiger partial charge in [-0.2, -0.15) is 0 Å². The molecule has 0 saturated heterocycles. The summed E-state index contributed by atoms with van der Waals surface area (Å²) < 4.78 is 5.92. The molecule has 0 aliphatic rings. The molecule has 0 radical (unpaired) electrons. The van der Waals surface area contributed by atoms with Gasteiger partial charge in [-0.1, -0.05) is 50.6 Å². The molecule has 0 atom stereocenters. The van der Waals surface area contributed by atoms with Gasteiger partial charge in [-0.15, -0.1) is 0 Å². The summed E-state index contributed by atoms with van der Waals surface area (Å²) in [5, 5.41) is 0.638. The molecule has 0 aromatic heterocycles. The highest BCUT2D eigenvalue weighted by Crippen LogP contribution is 2.32. The number of ether oxygens (including phenoxy) is 1. The van der Waals surface area contributed by atoms with Gasteiger partial charge in [0.25, 0.3) is 0 Å². The predicted octanol–water partition coefficient (Wildman–Crippen LogP) is 5.28. The van der Waals surface area contributed by atoms with Gasteiger partial charge in [0, 0.05) is 17.1 Å². The summed E-state index contributed by atoms with van der Waals surface area (Å²) in [4.78, 5) is 0. The third-order valence-corrected chi connectivity index (χ3v) is 4.38. The number of benzene rings is 2. The van der Waals surface area contributed by atoms with Crippen molar-refractivity contribution in [3.8, 4) is 11.5 Å². The lowest BCUT2D eigenvalue weighted by Gasteiger charge is -2.23. The highest BCUT2D eigenvalue weighted by molar-refractivity contribution is 6.31. The molecule has 0 spiro atoms. The first-order valence-corrected chi connectivity index (χ1v) is 7.61. The standard InChI is InChI=1S/C18H22ClNO/c1-4-18(2,3)13-8-10-14(11-9-13)21-17-7-5-6-16(19)15(17)12-20/h5-11H,4,12,20H2,1-3H3. The van der Waals surface area contributed by atoms with Gasteiger partial charge in [0.15, 0.2) is 0 Å². The van der Waals surface area contributed by atoms with Gasteiger partial charge in [0.2, 0.25) is 0 Å². The van der Waals surface area contributed by atoms with Crippen LogP contribution in [0.1, 0.15) is 38.3 Å². The molecule has 0 heterocycles. The number of rotatable bonds is 5. The molecule has 21 heavy (non-hydrogen) atoms. The molecule has 2 aromatic rings. The molecule has 0 saturated carbocycles. The van der Waals surface area contributed by atoms with E-state index in [0.717, 1.165) is 17.7 Å². The molecule has 0 fully saturated rings. The summed E-state index contributed by atoms with van der Waals surface area (Å²) in [6.45, 7) is 7.04. The molecule has 0 aliphatic heterocycles. The molecule has 2 N–H and O–H groups in total. The lowest BCUT2D eigenvalue weighted by atomic mass is 9.82. The Morgan fingerprint density at radius 3 is 2.33 bits per heavy atom. The maximum Gasteiger partial charge on any atom is 0.133 e. The Morgan fingerprint density at radius 2 is 1.76 bits per heavy atom. The Balaban J connectivity index is 2.24. The van der Waals surface area contributed by atoms with E-state index in [4.69, 9.17) is 22.1 Å². The maximum absolute atomic E-state index is 6.14. The van der Waals surface area contributed by atoms with Gasteiger partial charge >= 0.3 is 0 Å². The number of hydrogen-bond acceptors (Lipinski definition) is 2. The molecular weight excluding hydrogens is 282 g/mol. The zero-order valence-electron chi connectivity index (χ0n) is 12.8. The average molecular weight is 304 g/mol. The van der Waals surface area contributed by atoms with E-state index >= 15 is 0 Å². The normalized spacial score (nSPS) is 11.5. The van der Waals surface area contributed by atoms with Crippen LogP contribution in [0.5, 0.6) is 11.5 Å². The third-order valence-electron chi connectivity index (χ3n) is 4.03. The summed E-state index contributed by atoms with van der Waals surface area (Å²) in [5.41, 5.74) is 8.06. The number of halogens is 1. The summed E-state index contributed by atoms with van der Waals surface area (Å²) in [6.07, 6.45) is 1.10. The van der Waals surface area contributed by atoms with Crippen molar-refractivity contribution in [2.45, 2.75) is 39.2 Å². The van der Waals surface area contributed by atoms with Crippen LogP contribution in [0.15, 0.2) is 42.5 Å². The van der Waals surface area contributed by atoms with E-state index < -0.39 is 0 Å². The molecule has 0 bridgehead atoms. The fourth-order valence-corrected chi connectivity index (χ4v) is 2.38. The fourth-order valence-electron chi connectivity index (χ4n) is 2.14.